The molecule has 0 amide bonds. The zero-order valence-electron chi connectivity index (χ0n) is 17.9. The van der Waals surface area contributed by atoms with Crippen LogP contribution in [0.1, 0.15) is 57.1 Å². The van der Waals surface area contributed by atoms with Crippen LogP contribution in [-0.4, -0.2) is 37.2 Å². The molecule has 0 spiro atoms. The molecule has 30 heavy (non-hydrogen) atoms. The molecule has 2 N–H and O–H groups in total. The van der Waals surface area contributed by atoms with Crippen LogP contribution in [0, 0.1) is 0 Å². The fourth-order valence-corrected chi connectivity index (χ4v) is 3.59. The van der Waals surface area contributed by atoms with E-state index in [0.717, 1.165) is 43.2 Å². The quantitative estimate of drug-likeness (QED) is 0.194. The molecule has 6 nitrogen and oxygen atoms in total. The molecule has 2 aromatic rings. The number of rotatable bonds is 10. The molecule has 0 atom stereocenters. The van der Waals surface area contributed by atoms with E-state index in [1.807, 2.05) is 30.3 Å². The van der Waals surface area contributed by atoms with E-state index in [2.05, 4.69) is 20.6 Å². The Morgan fingerprint density at radius 1 is 1.10 bits per heavy atom. The predicted octanol–water partition coefficient (Wildman–Crippen LogP) is 5.14. The van der Waals surface area contributed by atoms with E-state index >= 15 is 0 Å². The van der Waals surface area contributed by atoms with Crippen LogP contribution in [0.15, 0.2) is 46.0 Å². The Hall–Kier alpha value is -1.61. The first-order valence-corrected chi connectivity index (χ1v) is 10.9. The summed E-state index contributed by atoms with van der Waals surface area (Å²) in [7, 11) is 1.78. The molecule has 1 aliphatic rings. The van der Waals surface area contributed by atoms with Crippen LogP contribution < -0.4 is 10.6 Å². The second kappa shape index (κ2) is 14.4. The van der Waals surface area contributed by atoms with Gasteiger partial charge in [0.25, 0.3) is 0 Å². The van der Waals surface area contributed by atoms with Gasteiger partial charge in [-0.1, -0.05) is 37.5 Å². The molecule has 0 radical (unpaired) electrons. The van der Waals surface area contributed by atoms with Gasteiger partial charge in [-0.25, -0.2) is 4.98 Å². The molecule has 1 saturated carbocycles. The molecule has 1 fully saturated rings. The number of hydrogen-bond donors (Lipinski definition) is 2. The second-order valence-electron chi connectivity index (χ2n) is 7.55. The molecule has 3 rings (SSSR count). The van der Waals surface area contributed by atoms with Gasteiger partial charge in [0.05, 0.1) is 18.3 Å². The summed E-state index contributed by atoms with van der Waals surface area (Å²) in [5.41, 5.74) is 1.83. The number of aliphatic imine (C=N–C) groups is 1. The molecule has 0 bridgehead atoms. The van der Waals surface area contributed by atoms with Gasteiger partial charge in [-0.05, 0) is 44.2 Å². The summed E-state index contributed by atoms with van der Waals surface area (Å²) in [6, 6.07) is 9.92. The van der Waals surface area contributed by atoms with Crippen molar-refractivity contribution in [3.8, 4) is 11.5 Å². The Bertz CT molecular complexity index is 730. The van der Waals surface area contributed by atoms with Crippen LogP contribution in [-0.2, 0) is 11.3 Å². The van der Waals surface area contributed by atoms with Crippen molar-refractivity contribution in [2.45, 2.75) is 64.0 Å². The average Bonchev–Trinajstić information content (AvgIpc) is 3.25. The summed E-state index contributed by atoms with van der Waals surface area (Å²) in [6.07, 6.45) is 12.2. The van der Waals surface area contributed by atoms with Gasteiger partial charge in [0.1, 0.15) is 6.26 Å². The zero-order chi connectivity index (χ0) is 20.2. The minimum Gasteiger partial charge on any atom is -0.444 e. The lowest BCUT2D eigenvalue weighted by atomic mass is 9.98. The molecule has 0 aliphatic heterocycles. The Morgan fingerprint density at radius 2 is 1.90 bits per heavy atom. The van der Waals surface area contributed by atoms with Crippen LogP contribution in [0.3, 0.4) is 0 Å². The maximum Gasteiger partial charge on any atom is 0.226 e. The molecular formula is C23H35IN4O2. The van der Waals surface area contributed by atoms with Crippen molar-refractivity contribution in [1.82, 2.24) is 15.6 Å². The molecular weight excluding hydrogens is 491 g/mol. The van der Waals surface area contributed by atoms with Crippen molar-refractivity contribution in [3.63, 3.8) is 0 Å². The highest BCUT2D eigenvalue weighted by atomic mass is 127. The first-order chi connectivity index (χ1) is 14.3. The molecule has 7 heteroatoms. The standard InChI is InChI=1S/C23H34N4O2.HI/c1-24-23(25-15-9-4-10-16-28-21-13-7-3-8-14-21)26-17-20-18-29-22(27-20)19-11-5-2-6-12-19;/h2,5-6,11-12,18,21H,3-4,7-10,13-17H2,1H3,(H2,24,25,26);1H. The number of ether oxygens (including phenoxy) is 1. The van der Waals surface area contributed by atoms with Crippen molar-refractivity contribution in [2.75, 3.05) is 20.2 Å². The van der Waals surface area contributed by atoms with Crippen LogP contribution in [0.5, 0.6) is 0 Å². The lowest BCUT2D eigenvalue weighted by Gasteiger charge is -2.21. The number of aromatic nitrogens is 1. The summed E-state index contributed by atoms with van der Waals surface area (Å²) in [5, 5.41) is 6.65. The highest BCUT2D eigenvalue weighted by Gasteiger charge is 2.13. The maximum atomic E-state index is 5.98. The summed E-state index contributed by atoms with van der Waals surface area (Å²) in [5.74, 6) is 1.42. The number of guanidine groups is 1. The van der Waals surface area contributed by atoms with Crippen LogP contribution in [0.2, 0.25) is 0 Å². The molecule has 1 heterocycles. The highest BCUT2D eigenvalue weighted by Crippen LogP contribution is 2.20. The van der Waals surface area contributed by atoms with Gasteiger partial charge in [-0.2, -0.15) is 0 Å². The average molecular weight is 526 g/mol. The normalized spacial score (nSPS) is 14.9. The van der Waals surface area contributed by atoms with E-state index in [4.69, 9.17) is 9.15 Å². The number of nitrogens with zero attached hydrogens (tertiary/aromatic N) is 2. The van der Waals surface area contributed by atoms with E-state index in [1.165, 1.54) is 38.5 Å². The first-order valence-electron chi connectivity index (χ1n) is 10.9. The fraction of sp³-hybridized carbons (Fsp3) is 0.565. The van der Waals surface area contributed by atoms with Crippen molar-refractivity contribution in [2.24, 2.45) is 4.99 Å². The number of benzene rings is 1. The SMILES string of the molecule is CN=C(NCCCCCOC1CCCCC1)NCc1coc(-c2ccccc2)n1.I. The number of hydrogen-bond acceptors (Lipinski definition) is 4. The topological polar surface area (TPSA) is 71.7 Å². The third kappa shape index (κ3) is 8.63. The Kier molecular flexibility index (Phi) is 11.8. The predicted molar refractivity (Wildman–Crippen MR) is 132 cm³/mol. The first kappa shape index (κ1) is 24.7. The zero-order valence-corrected chi connectivity index (χ0v) is 20.3. The van der Waals surface area contributed by atoms with Crippen LogP contribution >= 0.6 is 24.0 Å². The number of oxazole rings is 1. The molecule has 0 saturated heterocycles. The van der Waals surface area contributed by atoms with Gasteiger partial charge < -0.3 is 19.8 Å². The van der Waals surface area contributed by atoms with Crippen molar-refractivity contribution in [1.29, 1.82) is 0 Å². The van der Waals surface area contributed by atoms with Gasteiger partial charge >= 0.3 is 0 Å². The van der Waals surface area contributed by atoms with Gasteiger partial charge in [-0.15, -0.1) is 24.0 Å². The van der Waals surface area contributed by atoms with Gasteiger partial charge in [0, 0.05) is 25.8 Å². The van der Waals surface area contributed by atoms with Gasteiger partial charge in [0.15, 0.2) is 5.96 Å². The fourth-order valence-electron chi connectivity index (χ4n) is 3.59. The van der Waals surface area contributed by atoms with E-state index in [-0.39, 0.29) is 24.0 Å². The smallest absolute Gasteiger partial charge is 0.226 e. The van der Waals surface area contributed by atoms with Gasteiger partial charge in [0.2, 0.25) is 5.89 Å². The van der Waals surface area contributed by atoms with E-state index < -0.39 is 0 Å². The minimum atomic E-state index is 0. The Balaban J connectivity index is 0.00000320. The molecule has 166 valence electrons. The number of unbranched alkanes of at least 4 members (excludes halogenated alkanes) is 2. The lowest BCUT2D eigenvalue weighted by Crippen LogP contribution is -2.37. The van der Waals surface area contributed by atoms with E-state index in [1.54, 1.807) is 13.3 Å². The van der Waals surface area contributed by atoms with Gasteiger partial charge in [-0.3, -0.25) is 4.99 Å². The summed E-state index contributed by atoms with van der Waals surface area (Å²) < 4.78 is 11.6. The minimum absolute atomic E-state index is 0. The van der Waals surface area contributed by atoms with Crippen LogP contribution in [0.25, 0.3) is 11.5 Å². The maximum absolute atomic E-state index is 5.98. The number of halogens is 1. The van der Waals surface area contributed by atoms with Crippen molar-refractivity contribution < 1.29 is 9.15 Å². The Morgan fingerprint density at radius 3 is 2.67 bits per heavy atom. The highest BCUT2D eigenvalue weighted by molar-refractivity contribution is 14.0. The third-order valence-corrected chi connectivity index (χ3v) is 5.25. The second-order valence-corrected chi connectivity index (χ2v) is 7.55. The van der Waals surface area contributed by atoms with Crippen molar-refractivity contribution in [3.05, 3.63) is 42.3 Å². The third-order valence-electron chi connectivity index (χ3n) is 5.25. The number of nitrogens with one attached hydrogen (secondary N) is 2. The molecule has 1 aromatic heterocycles. The van der Waals surface area contributed by atoms with Crippen LogP contribution in [0.4, 0.5) is 0 Å². The molecule has 1 aliphatic carbocycles. The summed E-state index contributed by atoms with van der Waals surface area (Å²) >= 11 is 0. The molecule has 0 unspecified atom stereocenters. The van der Waals surface area contributed by atoms with Crippen molar-refractivity contribution >= 4 is 29.9 Å². The monoisotopic (exact) mass is 526 g/mol. The summed E-state index contributed by atoms with van der Waals surface area (Å²) in [4.78, 5) is 8.80. The summed E-state index contributed by atoms with van der Waals surface area (Å²) in [6.45, 7) is 2.37. The van der Waals surface area contributed by atoms with E-state index in [9.17, 15) is 0 Å². The molecule has 1 aromatic carbocycles. The van der Waals surface area contributed by atoms with E-state index in [0.29, 0.717) is 18.5 Å². The lowest BCUT2D eigenvalue weighted by molar-refractivity contribution is 0.0264. The largest absolute Gasteiger partial charge is 0.444 e. The Labute approximate surface area is 197 Å².